The summed E-state index contributed by atoms with van der Waals surface area (Å²) in [6.45, 7) is 8.13. The van der Waals surface area contributed by atoms with Crippen LogP contribution in [0.15, 0.2) is 0 Å². The van der Waals surface area contributed by atoms with Crippen molar-refractivity contribution in [3.8, 4) is 0 Å². The predicted molar refractivity (Wildman–Crippen MR) is 82.2 cm³/mol. The lowest BCUT2D eigenvalue weighted by Gasteiger charge is -2.27. The molecule has 0 aromatic heterocycles. The summed E-state index contributed by atoms with van der Waals surface area (Å²) < 4.78 is 33.1. The molecule has 0 spiro atoms. The molecule has 0 bridgehead atoms. The van der Waals surface area contributed by atoms with Gasteiger partial charge in [-0.1, -0.05) is 15.9 Å². The Morgan fingerprint density at radius 1 is 0.667 bits per heavy atom. The van der Waals surface area contributed by atoms with Crippen molar-refractivity contribution in [1.82, 2.24) is 0 Å². The monoisotopic (exact) mass is 370 g/mol. The summed E-state index contributed by atoms with van der Waals surface area (Å²) in [4.78, 5) is 0. The van der Waals surface area contributed by atoms with Gasteiger partial charge in [-0.25, -0.2) is 0 Å². The van der Waals surface area contributed by atoms with Gasteiger partial charge in [-0.05, 0) is 6.92 Å². The topological polar surface area (TPSA) is 55.4 Å². The maximum atomic E-state index is 5.83. The second-order valence-corrected chi connectivity index (χ2v) is 5.49. The van der Waals surface area contributed by atoms with E-state index in [1.54, 1.807) is 0 Å². The van der Waals surface area contributed by atoms with E-state index in [1.807, 2.05) is 6.92 Å². The normalized spacial score (nSPS) is 29.4. The SMILES string of the molecule is CC1(CBr)COCCOCCOCCOCCOCCO1. The van der Waals surface area contributed by atoms with Crippen molar-refractivity contribution >= 4 is 15.9 Å². The highest BCUT2D eigenvalue weighted by Gasteiger charge is 2.24. The summed E-state index contributed by atoms with van der Waals surface area (Å²) in [6, 6.07) is 0. The first-order chi connectivity index (χ1) is 10.3. The van der Waals surface area contributed by atoms with Crippen LogP contribution in [0.5, 0.6) is 0 Å². The first kappa shape index (κ1) is 19.3. The fourth-order valence-corrected chi connectivity index (χ4v) is 1.96. The molecule has 1 unspecified atom stereocenters. The molecule has 1 saturated heterocycles. The van der Waals surface area contributed by atoms with E-state index >= 15 is 0 Å². The van der Waals surface area contributed by atoms with Crippen LogP contribution in [0.4, 0.5) is 0 Å². The number of hydrogen-bond donors (Lipinski definition) is 0. The van der Waals surface area contributed by atoms with E-state index in [-0.39, 0.29) is 5.60 Å². The molecule has 6 nitrogen and oxygen atoms in total. The third-order valence-corrected chi connectivity index (χ3v) is 4.04. The molecule has 1 heterocycles. The summed E-state index contributed by atoms with van der Waals surface area (Å²) in [5, 5.41) is 0.706. The van der Waals surface area contributed by atoms with E-state index in [9.17, 15) is 0 Å². The van der Waals surface area contributed by atoms with Crippen LogP contribution in [0.1, 0.15) is 6.92 Å². The van der Waals surface area contributed by atoms with Crippen LogP contribution in [-0.4, -0.2) is 83.6 Å². The minimum atomic E-state index is -0.353. The van der Waals surface area contributed by atoms with E-state index in [0.717, 1.165) is 0 Å². The molecule has 0 amide bonds. The van der Waals surface area contributed by atoms with Crippen LogP contribution in [0.2, 0.25) is 0 Å². The molecule has 0 N–H and O–H groups in total. The lowest BCUT2D eigenvalue weighted by molar-refractivity contribution is -0.0968. The summed E-state index contributed by atoms with van der Waals surface area (Å²) in [5.41, 5.74) is -0.353. The van der Waals surface area contributed by atoms with Gasteiger partial charge in [-0.2, -0.15) is 0 Å². The van der Waals surface area contributed by atoms with Gasteiger partial charge in [-0.15, -0.1) is 0 Å². The van der Waals surface area contributed by atoms with Crippen LogP contribution in [-0.2, 0) is 28.4 Å². The van der Waals surface area contributed by atoms with Crippen LogP contribution in [0, 0.1) is 0 Å². The Kier molecular flexibility index (Phi) is 11.7. The number of hydrogen-bond acceptors (Lipinski definition) is 6. The average Bonchev–Trinajstić information content (AvgIpc) is 2.49. The van der Waals surface area contributed by atoms with E-state index in [4.69, 9.17) is 28.4 Å². The zero-order valence-electron chi connectivity index (χ0n) is 12.8. The first-order valence-corrected chi connectivity index (χ1v) is 8.48. The number of halogens is 1. The summed E-state index contributed by atoms with van der Waals surface area (Å²) in [6.07, 6.45) is 0. The van der Waals surface area contributed by atoms with Crippen molar-refractivity contribution in [2.24, 2.45) is 0 Å². The molecule has 0 aromatic carbocycles. The molecule has 7 heteroatoms. The van der Waals surface area contributed by atoms with Gasteiger partial charge < -0.3 is 28.4 Å². The molecular weight excluding hydrogens is 344 g/mol. The van der Waals surface area contributed by atoms with Crippen LogP contribution in [0.3, 0.4) is 0 Å². The van der Waals surface area contributed by atoms with E-state index in [1.165, 1.54) is 0 Å². The van der Waals surface area contributed by atoms with Crippen molar-refractivity contribution in [2.75, 3.05) is 78.0 Å². The zero-order chi connectivity index (χ0) is 15.2. The van der Waals surface area contributed by atoms with Crippen LogP contribution in [0.25, 0.3) is 0 Å². The minimum Gasteiger partial charge on any atom is -0.377 e. The minimum absolute atomic E-state index is 0.353. The van der Waals surface area contributed by atoms with Crippen molar-refractivity contribution in [3.63, 3.8) is 0 Å². The van der Waals surface area contributed by atoms with Crippen molar-refractivity contribution < 1.29 is 28.4 Å². The molecule has 0 aliphatic carbocycles. The highest BCUT2D eigenvalue weighted by Crippen LogP contribution is 2.14. The van der Waals surface area contributed by atoms with Gasteiger partial charge in [0.2, 0.25) is 0 Å². The second kappa shape index (κ2) is 12.8. The van der Waals surface area contributed by atoms with Gasteiger partial charge in [0.25, 0.3) is 0 Å². The molecule has 1 aliphatic heterocycles. The molecule has 1 aliphatic rings. The molecule has 0 aromatic rings. The van der Waals surface area contributed by atoms with E-state index in [0.29, 0.717) is 78.0 Å². The van der Waals surface area contributed by atoms with Crippen molar-refractivity contribution in [3.05, 3.63) is 0 Å². The fourth-order valence-electron chi connectivity index (χ4n) is 1.63. The van der Waals surface area contributed by atoms with Gasteiger partial charge in [0.05, 0.1) is 78.3 Å². The highest BCUT2D eigenvalue weighted by molar-refractivity contribution is 9.09. The van der Waals surface area contributed by atoms with Gasteiger partial charge in [0.15, 0.2) is 0 Å². The third kappa shape index (κ3) is 10.6. The molecule has 126 valence electrons. The Balaban J connectivity index is 2.25. The zero-order valence-corrected chi connectivity index (χ0v) is 14.4. The Hall–Kier alpha value is 0.240. The first-order valence-electron chi connectivity index (χ1n) is 7.35. The lowest BCUT2D eigenvalue weighted by Crippen LogP contribution is -2.38. The predicted octanol–water partition coefficient (Wildman–Crippen LogP) is 1.25. The molecular formula is C14H27BrO6. The molecule has 1 fully saturated rings. The Morgan fingerprint density at radius 2 is 1.05 bits per heavy atom. The molecule has 21 heavy (non-hydrogen) atoms. The summed E-state index contributed by atoms with van der Waals surface area (Å²) in [5.74, 6) is 0. The summed E-state index contributed by atoms with van der Waals surface area (Å²) >= 11 is 3.46. The Bertz CT molecular complexity index is 224. The number of rotatable bonds is 1. The number of ether oxygens (including phenoxy) is 6. The average molecular weight is 371 g/mol. The molecule has 1 atom stereocenters. The molecule has 0 saturated carbocycles. The van der Waals surface area contributed by atoms with Crippen molar-refractivity contribution in [1.29, 1.82) is 0 Å². The summed E-state index contributed by atoms with van der Waals surface area (Å²) in [7, 11) is 0. The lowest BCUT2D eigenvalue weighted by atomic mass is 10.1. The third-order valence-electron chi connectivity index (χ3n) is 2.86. The maximum Gasteiger partial charge on any atom is 0.0984 e. The van der Waals surface area contributed by atoms with Crippen LogP contribution >= 0.6 is 15.9 Å². The van der Waals surface area contributed by atoms with E-state index in [2.05, 4.69) is 15.9 Å². The van der Waals surface area contributed by atoms with Gasteiger partial charge in [-0.3, -0.25) is 0 Å². The fraction of sp³-hybridized carbons (Fsp3) is 1.00. The molecule has 1 rings (SSSR count). The highest BCUT2D eigenvalue weighted by atomic mass is 79.9. The maximum absolute atomic E-state index is 5.83. The number of alkyl halides is 1. The van der Waals surface area contributed by atoms with Crippen LogP contribution < -0.4 is 0 Å². The standard InChI is InChI=1S/C14H27BrO6/c1-14(12-15)13-20-9-8-18-5-4-16-2-3-17-6-7-19-10-11-21-14/h2-13H2,1H3. The molecule has 0 radical (unpaired) electrons. The second-order valence-electron chi connectivity index (χ2n) is 4.93. The smallest absolute Gasteiger partial charge is 0.0984 e. The van der Waals surface area contributed by atoms with Gasteiger partial charge in [0, 0.05) is 5.33 Å². The van der Waals surface area contributed by atoms with Gasteiger partial charge >= 0.3 is 0 Å². The quantitative estimate of drug-likeness (QED) is 0.647. The van der Waals surface area contributed by atoms with E-state index < -0.39 is 0 Å². The Morgan fingerprint density at radius 3 is 1.48 bits per heavy atom. The Labute approximate surface area is 135 Å². The largest absolute Gasteiger partial charge is 0.377 e. The van der Waals surface area contributed by atoms with Gasteiger partial charge in [0.1, 0.15) is 0 Å². The van der Waals surface area contributed by atoms with Crippen molar-refractivity contribution in [2.45, 2.75) is 12.5 Å².